The van der Waals surface area contributed by atoms with Crippen LogP contribution in [-0.4, -0.2) is 67.6 Å². The molecule has 7 nitrogen and oxygen atoms in total. The molecule has 3 rings (SSSR count). The van der Waals surface area contributed by atoms with Gasteiger partial charge in [-0.2, -0.15) is 0 Å². The molecule has 0 spiro atoms. The Morgan fingerprint density at radius 3 is 2.80 bits per heavy atom. The molecule has 1 unspecified atom stereocenters. The number of nitrogens with one attached hydrogen (secondary N) is 2. The van der Waals surface area contributed by atoms with Crippen molar-refractivity contribution in [3.05, 3.63) is 24.3 Å². The van der Waals surface area contributed by atoms with Gasteiger partial charge in [-0.1, -0.05) is 6.07 Å². The topological polar surface area (TPSA) is 73.9 Å². The number of carbonyl (C=O) groups is 2. The first kappa shape index (κ1) is 17.5. The highest BCUT2D eigenvalue weighted by molar-refractivity contribution is 5.89. The highest BCUT2D eigenvalue weighted by atomic mass is 16.5. The molecule has 2 N–H and O–H groups in total. The van der Waals surface area contributed by atoms with Crippen LogP contribution < -0.4 is 15.4 Å². The number of benzene rings is 1. The summed E-state index contributed by atoms with van der Waals surface area (Å²) in [5.74, 6) is 0.359. The summed E-state index contributed by atoms with van der Waals surface area (Å²) in [7, 11) is 1.56. The summed E-state index contributed by atoms with van der Waals surface area (Å²) in [4.78, 5) is 28.1. The quantitative estimate of drug-likeness (QED) is 0.848. The molecule has 2 aliphatic heterocycles. The van der Waals surface area contributed by atoms with E-state index in [-0.39, 0.29) is 18.5 Å². The van der Waals surface area contributed by atoms with Crippen molar-refractivity contribution in [3.63, 3.8) is 0 Å². The summed E-state index contributed by atoms with van der Waals surface area (Å²) in [5, 5.41) is 5.43. The number of urea groups is 1. The van der Waals surface area contributed by atoms with Gasteiger partial charge in [-0.05, 0) is 44.5 Å². The van der Waals surface area contributed by atoms with Crippen molar-refractivity contribution >= 4 is 17.6 Å². The van der Waals surface area contributed by atoms with Crippen LogP contribution in [0.25, 0.3) is 0 Å². The summed E-state index contributed by atoms with van der Waals surface area (Å²) in [6.45, 7) is 3.85. The molecule has 25 heavy (non-hydrogen) atoms. The van der Waals surface area contributed by atoms with Gasteiger partial charge in [0.05, 0.1) is 0 Å². The number of ether oxygens (including phenoxy) is 1. The molecule has 2 fully saturated rings. The van der Waals surface area contributed by atoms with Crippen LogP contribution in [0, 0.1) is 0 Å². The molecular formula is C18H26N4O3. The van der Waals surface area contributed by atoms with Gasteiger partial charge in [0.2, 0.25) is 0 Å². The highest BCUT2D eigenvalue weighted by Crippen LogP contribution is 2.22. The molecule has 1 atom stereocenters. The van der Waals surface area contributed by atoms with Crippen molar-refractivity contribution in [2.24, 2.45) is 0 Å². The van der Waals surface area contributed by atoms with E-state index < -0.39 is 0 Å². The van der Waals surface area contributed by atoms with E-state index in [0.717, 1.165) is 32.6 Å². The number of carbonyl (C=O) groups excluding carboxylic acids is 2. The van der Waals surface area contributed by atoms with Crippen LogP contribution in [0.3, 0.4) is 0 Å². The van der Waals surface area contributed by atoms with Crippen molar-refractivity contribution in [1.82, 2.24) is 15.1 Å². The minimum Gasteiger partial charge on any atom is -0.484 e. The third-order valence-electron chi connectivity index (χ3n) is 4.84. The zero-order valence-corrected chi connectivity index (χ0v) is 14.7. The van der Waals surface area contributed by atoms with Crippen LogP contribution in [0.4, 0.5) is 10.5 Å². The molecule has 0 aromatic heterocycles. The van der Waals surface area contributed by atoms with E-state index in [9.17, 15) is 9.59 Å². The Morgan fingerprint density at radius 2 is 2.04 bits per heavy atom. The van der Waals surface area contributed by atoms with E-state index in [1.165, 1.54) is 12.8 Å². The summed E-state index contributed by atoms with van der Waals surface area (Å²) in [6.07, 6.45) is 3.58. The molecule has 2 aliphatic rings. The van der Waals surface area contributed by atoms with E-state index in [1.807, 2.05) is 11.0 Å². The van der Waals surface area contributed by atoms with Crippen LogP contribution in [0.2, 0.25) is 0 Å². The van der Waals surface area contributed by atoms with Crippen molar-refractivity contribution in [1.29, 1.82) is 0 Å². The maximum absolute atomic E-state index is 12.5. The number of likely N-dealkylation sites (tertiary alicyclic amines) is 2. The number of rotatable bonds is 5. The maximum atomic E-state index is 12.5. The van der Waals surface area contributed by atoms with E-state index in [0.29, 0.717) is 17.5 Å². The maximum Gasteiger partial charge on any atom is 0.321 e. The fourth-order valence-corrected chi connectivity index (χ4v) is 3.42. The first-order valence-corrected chi connectivity index (χ1v) is 8.89. The number of anilines is 1. The molecule has 2 heterocycles. The van der Waals surface area contributed by atoms with Gasteiger partial charge in [-0.25, -0.2) is 4.79 Å². The fraction of sp³-hybridized carbons (Fsp3) is 0.556. The minimum atomic E-state index is -0.195. The van der Waals surface area contributed by atoms with Crippen molar-refractivity contribution in [3.8, 4) is 5.75 Å². The average molecular weight is 346 g/mol. The molecule has 0 aliphatic carbocycles. The van der Waals surface area contributed by atoms with Crippen LogP contribution >= 0.6 is 0 Å². The minimum absolute atomic E-state index is 0.0441. The number of hydrogen-bond donors (Lipinski definition) is 2. The van der Waals surface area contributed by atoms with E-state index in [4.69, 9.17) is 4.74 Å². The van der Waals surface area contributed by atoms with Gasteiger partial charge in [0.25, 0.3) is 5.91 Å². The smallest absolute Gasteiger partial charge is 0.321 e. The molecule has 136 valence electrons. The lowest BCUT2D eigenvalue weighted by Crippen LogP contribution is -2.38. The average Bonchev–Trinajstić information content (AvgIpc) is 3.31. The molecule has 0 saturated carbocycles. The van der Waals surface area contributed by atoms with Gasteiger partial charge in [0.15, 0.2) is 6.61 Å². The second-order valence-corrected chi connectivity index (χ2v) is 6.55. The lowest BCUT2D eigenvalue weighted by atomic mass is 10.2. The molecule has 3 amide bonds. The summed E-state index contributed by atoms with van der Waals surface area (Å²) in [6, 6.07) is 7.53. The zero-order chi connectivity index (χ0) is 17.6. The number of amides is 3. The Labute approximate surface area is 148 Å². The molecule has 1 aromatic rings. The number of likely N-dealkylation sites (N-methyl/N-ethyl adjacent to an activating group) is 1. The summed E-state index contributed by atoms with van der Waals surface area (Å²) in [5.41, 5.74) is 0.670. The lowest BCUT2D eigenvalue weighted by molar-refractivity contribution is -0.122. The predicted molar refractivity (Wildman–Crippen MR) is 95.8 cm³/mol. The van der Waals surface area contributed by atoms with E-state index in [1.54, 1.807) is 25.2 Å². The Morgan fingerprint density at radius 1 is 1.24 bits per heavy atom. The number of nitrogens with zero attached hydrogens (tertiary/aromatic N) is 2. The summed E-state index contributed by atoms with van der Waals surface area (Å²) >= 11 is 0. The van der Waals surface area contributed by atoms with Gasteiger partial charge in [-0.15, -0.1) is 0 Å². The van der Waals surface area contributed by atoms with Crippen LogP contribution in [0.15, 0.2) is 24.3 Å². The second-order valence-electron chi connectivity index (χ2n) is 6.55. The Kier molecular flexibility index (Phi) is 5.75. The molecule has 7 heteroatoms. The molecule has 0 radical (unpaired) electrons. The SMILES string of the molecule is CNC(=O)COc1cccc(NC(=O)N2CCC(N3CCCC3)C2)c1. The Balaban J connectivity index is 1.51. The predicted octanol–water partition coefficient (Wildman–Crippen LogP) is 1.51. The van der Waals surface area contributed by atoms with Gasteiger partial charge in [0.1, 0.15) is 5.75 Å². The van der Waals surface area contributed by atoms with Gasteiger partial charge >= 0.3 is 6.03 Å². The van der Waals surface area contributed by atoms with Crippen LogP contribution in [0.5, 0.6) is 5.75 Å². The van der Waals surface area contributed by atoms with Crippen molar-refractivity contribution in [2.45, 2.75) is 25.3 Å². The van der Waals surface area contributed by atoms with Gasteiger partial charge < -0.3 is 20.3 Å². The van der Waals surface area contributed by atoms with E-state index >= 15 is 0 Å². The number of hydrogen-bond acceptors (Lipinski definition) is 4. The third kappa shape index (κ3) is 4.63. The monoisotopic (exact) mass is 346 g/mol. The highest BCUT2D eigenvalue weighted by Gasteiger charge is 2.31. The first-order valence-electron chi connectivity index (χ1n) is 8.89. The van der Waals surface area contributed by atoms with Crippen molar-refractivity contribution < 1.29 is 14.3 Å². The molecule has 1 aromatic carbocycles. The molecule has 0 bridgehead atoms. The third-order valence-corrected chi connectivity index (χ3v) is 4.84. The standard InChI is InChI=1S/C18H26N4O3/c1-19-17(23)13-25-16-6-4-5-14(11-16)20-18(24)22-10-7-15(12-22)21-8-2-3-9-21/h4-6,11,15H,2-3,7-10,12-13H2,1H3,(H,19,23)(H,20,24). The Hall–Kier alpha value is -2.28. The van der Waals surface area contributed by atoms with E-state index in [2.05, 4.69) is 15.5 Å². The van der Waals surface area contributed by atoms with Crippen LogP contribution in [-0.2, 0) is 4.79 Å². The normalized spacial score (nSPS) is 20.5. The molecular weight excluding hydrogens is 320 g/mol. The first-order chi connectivity index (χ1) is 12.2. The molecule has 2 saturated heterocycles. The lowest BCUT2D eigenvalue weighted by Gasteiger charge is -2.23. The second kappa shape index (κ2) is 8.20. The fourth-order valence-electron chi connectivity index (χ4n) is 3.42. The van der Waals surface area contributed by atoms with Gasteiger partial charge in [0, 0.05) is 37.9 Å². The largest absolute Gasteiger partial charge is 0.484 e. The summed E-state index contributed by atoms with van der Waals surface area (Å²) < 4.78 is 5.41. The van der Waals surface area contributed by atoms with Gasteiger partial charge in [-0.3, -0.25) is 9.69 Å². The zero-order valence-electron chi connectivity index (χ0n) is 14.7. The van der Waals surface area contributed by atoms with Crippen LogP contribution in [0.1, 0.15) is 19.3 Å². The Bertz CT molecular complexity index is 616. The van der Waals surface area contributed by atoms with Crippen molar-refractivity contribution in [2.75, 3.05) is 45.2 Å².